The van der Waals surface area contributed by atoms with Crippen molar-refractivity contribution in [1.82, 2.24) is 8.75 Å². The Labute approximate surface area is 185 Å². The molecule has 3 rings (SSSR count). The van der Waals surface area contributed by atoms with E-state index in [4.69, 9.17) is 0 Å². The second kappa shape index (κ2) is 13.1. The monoisotopic (exact) mass is 448 g/mol. The van der Waals surface area contributed by atoms with Crippen LogP contribution in [-0.4, -0.2) is 34.9 Å². The number of fused-ring (bicyclic) bond motifs is 1. The van der Waals surface area contributed by atoms with Crippen LogP contribution in [-0.2, 0) is 15.9 Å². The van der Waals surface area contributed by atoms with Crippen LogP contribution in [0.25, 0.3) is 11.0 Å². The average Bonchev–Trinajstić information content (AvgIpc) is 3.46. The second-order valence-electron chi connectivity index (χ2n) is 6.78. The van der Waals surface area contributed by atoms with Gasteiger partial charge in [-0.05, 0) is 47.4 Å². The van der Waals surface area contributed by atoms with Crippen LogP contribution in [0.4, 0.5) is 0 Å². The third-order valence-electron chi connectivity index (χ3n) is 4.60. The van der Waals surface area contributed by atoms with E-state index in [0.29, 0.717) is 11.0 Å². The number of methoxy groups -OCH3 is 2. The highest BCUT2D eigenvalue weighted by Gasteiger charge is 2.20. The number of unbranched alkanes of at least 4 members (excludes halogenated alkanes) is 5. The molecule has 0 saturated carbocycles. The molecule has 0 aliphatic heterocycles. The molecule has 0 N–H and O–H groups in total. The maximum atomic E-state index is 11.5. The van der Waals surface area contributed by atoms with Gasteiger partial charge in [0.1, 0.15) is 11.0 Å². The van der Waals surface area contributed by atoms with Gasteiger partial charge in [0.05, 0.1) is 37.1 Å². The molecule has 0 aliphatic rings. The minimum atomic E-state index is -0.611. The molecule has 8 heteroatoms. The zero-order valence-electron chi connectivity index (χ0n) is 17.7. The van der Waals surface area contributed by atoms with E-state index in [2.05, 4.69) is 42.0 Å². The fourth-order valence-electron chi connectivity index (χ4n) is 2.93. The molecule has 0 atom stereocenters. The van der Waals surface area contributed by atoms with Gasteiger partial charge in [0.15, 0.2) is 0 Å². The molecule has 3 aromatic rings. The zero-order valence-corrected chi connectivity index (χ0v) is 19.3. The van der Waals surface area contributed by atoms with Gasteiger partial charge in [-0.2, -0.15) is 20.1 Å². The number of ether oxygens (including phenoxy) is 2. The lowest BCUT2D eigenvalue weighted by molar-refractivity contribution is 0.0555. The first kappa shape index (κ1) is 24.0. The van der Waals surface area contributed by atoms with Crippen LogP contribution in [0.3, 0.4) is 0 Å². The standard InChI is InChI=1S/C12H20S.C10H8N2O4S/c1-2-3-4-5-6-7-8-12-9-10-13-11-12;1-15-9(13)5-3-7-8(12-17-11-7)4-6(5)10(14)16-2/h9-11H,2-8H2,1H3;3-4H,1-2H3. The molecule has 2 heterocycles. The molecule has 0 amide bonds. The molecule has 0 radical (unpaired) electrons. The quantitative estimate of drug-likeness (QED) is 0.299. The summed E-state index contributed by atoms with van der Waals surface area (Å²) in [7, 11) is 2.49. The highest BCUT2D eigenvalue weighted by molar-refractivity contribution is 7.07. The molecule has 30 heavy (non-hydrogen) atoms. The van der Waals surface area contributed by atoms with E-state index in [9.17, 15) is 9.59 Å². The van der Waals surface area contributed by atoms with Gasteiger partial charge in [0.2, 0.25) is 0 Å². The van der Waals surface area contributed by atoms with Gasteiger partial charge >= 0.3 is 11.9 Å². The Morgan fingerprint density at radius 1 is 0.900 bits per heavy atom. The number of hydrogen-bond acceptors (Lipinski definition) is 8. The summed E-state index contributed by atoms with van der Waals surface area (Å²) in [5.41, 5.74) is 2.87. The fraction of sp³-hybridized carbons (Fsp3) is 0.455. The Morgan fingerprint density at radius 3 is 1.97 bits per heavy atom. The first-order chi connectivity index (χ1) is 14.6. The van der Waals surface area contributed by atoms with Gasteiger partial charge in [-0.1, -0.05) is 39.0 Å². The fourth-order valence-corrected chi connectivity index (χ4v) is 4.15. The van der Waals surface area contributed by atoms with E-state index in [1.165, 1.54) is 76.9 Å². The van der Waals surface area contributed by atoms with Gasteiger partial charge < -0.3 is 9.47 Å². The van der Waals surface area contributed by atoms with Gasteiger partial charge in [0, 0.05) is 0 Å². The van der Waals surface area contributed by atoms with Crippen molar-refractivity contribution in [2.45, 2.75) is 51.9 Å². The zero-order chi connectivity index (χ0) is 21.8. The van der Waals surface area contributed by atoms with Crippen molar-refractivity contribution < 1.29 is 19.1 Å². The minimum absolute atomic E-state index is 0.125. The van der Waals surface area contributed by atoms with Gasteiger partial charge in [-0.3, -0.25) is 0 Å². The van der Waals surface area contributed by atoms with E-state index < -0.39 is 11.9 Å². The topological polar surface area (TPSA) is 78.4 Å². The van der Waals surface area contributed by atoms with Crippen LogP contribution >= 0.6 is 23.1 Å². The summed E-state index contributed by atoms with van der Waals surface area (Å²) >= 11 is 2.82. The number of carbonyl (C=O) groups excluding carboxylic acids is 2. The summed E-state index contributed by atoms with van der Waals surface area (Å²) in [5, 5.41) is 4.44. The summed E-state index contributed by atoms with van der Waals surface area (Å²) in [6.45, 7) is 2.27. The van der Waals surface area contributed by atoms with E-state index in [-0.39, 0.29) is 11.1 Å². The molecule has 6 nitrogen and oxygen atoms in total. The number of benzene rings is 1. The average molecular weight is 449 g/mol. The van der Waals surface area contributed by atoms with Crippen LogP contribution < -0.4 is 0 Å². The van der Waals surface area contributed by atoms with Gasteiger partial charge in [-0.25, -0.2) is 9.59 Å². The molecule has 0 spiro atoms. The van der Waals surface area contributed by atoms with Crippen LogP contribution in [0.15, 0.2) is 29.0 Å². The number of thiophene rings is 1. The summed E-state index contributed by atoms with van der Waals surface area (Å²) in [6, 6.07) is 5.19. The number of aromatic nitrogens is 2. The largest absolute Gasteiger partial charge is 0.465 e. The van der Waals surface area contributed by atoms with Gasteiger partial charge in [-0.15, -0.1) is 0 Å². The number of rotatable bonds is 9. The summed E-state index contributed by atoms with van der Waals surface area (Å²) in [5.74, 6) is -1.22. The lowest BCUT2D eigenvalue weighted by Crippen LogP contribution is -2.11. The number of hydrogen-bond donors (Lipinski definition) is 0. The Hall–Kier alpha value is -2.32. The number of carbonyl (C=O) groups is 2. The predicted octanol–water partition coefficient (Wildman–Crippen LogP) is 5.92. The predicted molar refractivity (Wildman–Crippen MR) is 121 cm³/mol. The molecule has 0 saturated heterocycles. The molecule has 162 valence electrons. The first-order valence-electron chi connectivity index (χ1n) is 10.0. The highest BCUT2D eigenvalue weighted by Crippen LogP contribution is 2.20. The van der Waals surface area contributed by atoms with E-state index in [1.807, 2.05) is 11.3 Å². The maximum absolute atomic E-state index is 11.5. The van der Waals surface area contributed by atoms with E-state index in [1.54, 1.807) is 0 Å². The molecule has 0 bridgehead atoms. The van der Waals surface area contributed by atoms with Crippen molar-refractivity contribution in [3.63, 3.8) is 0 Å². The van der Waals surface area contributed by atoms with Gasteiger partial charge in [0.25, 0.3) is 0 Å². The third kappa shape index (κ3) is 7.18. The van der Waals surface area contributed by atoms with E-state index in [0.717, 1.165) is 11.7 Å². The molecular formula is C22H28N2O4S2. The maximum Gasteiger partial charge on any atom is 0.338 e. The van der Waals surface area contributed by atoms with Crippen LogP contribution in [0.2, 0.25) is 0 Å². The Morgan fingerprint density at radius 2 is 1.47 bits per heavy atom. The lowest BCUT2D eigenvalue weighted by atomic mass is 10.1. The molecule has 0 aliphatic carbocycles. The first-order valence-corrected chi connectivity index (χ1v) is 11.7. The Bertz CT molecular complexity index is 873. The molecule has 0 fully saturated rings. The lowest BCUT2D eigenvalue weighted by Gasteiger charge is -2.05. The van der Waals surface area contributed by atoms with Crippen LogP contribution in [0.5, 0.6) is 0 Å². The minimum Gasteiger partial charge on any atom is -0.465 e. The number of aryl methyl sites for hydroxylation is 1. The molecule has 0 unspecified atom stereocenters. The smallest absolute Gasteiger partial charge is 0.338 e. The van der Waals surface area contributed by atoms with Crippen LogP contribution in [0, 0.1) is 0 Å². The SMILES string of the molecule is CCCCCCCCc1ccsc1.COC(=O)c1cc2nsnc2cc1C(=O)OC. The van der Waals surface area contributed by atoms with Crippen LogP contribution in [0.1, 0.15) is 71.7 Å². The van der Waals surface area contributed by atoms with Crippen molar-refractivity contribution in [2.75, 3.05) is 14.2 Å². The summed E-state index contributed by atoms with van der Waals surface area (Å²) < 4.78 is 17.2. The Balaban J connectivity index is 0.000000222. The molecule has 2 aromatic heterocycles. The number of esters is 2. The van der Waals surface area contributed by atoms with Crippen molar-refractivity contribution in [1.29, 1.82) is 0 Å². The van der Waals surface area contributed by atoms with E-state index >= 15 is 0 Å². The Kier molecular flexibility index (Phi) is 10.4. The third-order valence-corrected chi connectivity index (χ3v) is 5.89. The van der Waals surface area contributed by atoms with Crippen molar-refractivity contribution in [2.24, 2.45) is 0 Å². The highest BCUT2D eigenvalue weighted by atomic mass is 32.1. The summed E-state index contributed by atoms with van der Waals surface area (Å²) in [6.07, 6.45) is 9.70. The second-order valence-corrected chi connectivity index (χ2v) is 8.09. The number of nitrogens with zero attached hydrogens (tertiary/aromatic N) is 2. The van der Waals surface area contributed by atoms with Crippen molar-refractivity contribution in [3.05, 3.63) is 45.6 Å². The normalized spacial score (nSPS) is 10.4. The molecular weight excluding hydrogens is 420 g/mol. The molecule has 1 aromatic carbocycles. The summed E-state index contributed by atoms with van der Waals surface area (Å²) in [4.78, 5) is 23.1. The van der Waals surface area contributed by atoms with Crippen molar-refractivity contribution >= 4 is 46.0 Å². The van der Waals surface area contributed by atoms with Crippen molar-refractivity contribution in [3.8, 4) is 0 Å².